The van der Waals surface area contributed by atoms with Crippen molar-refractivity contribution in [2.75, 3.05) is 5.75 Å². The van der Waals surface area contributed by atoms with Gasteiger partial charge in [-0.25, -0.2) is 8.42 Å². The molecule has 0 bridgehead atoms. The number of amides is 1. The maximum absolute atomic E-state index is 11.9. The van der Waals surface area contributed by atoms with Crippen LogP contribution in [0.3, 0.4) is 0 Å². The molecule has 4 nitrogen and oxygen atoms in total. The fourth-order valence-electron chi connectivity index (χ4n) is 2.43. The van der Waals surface area contributed by atoms with Gasteiger partial charge in [0, 0.05) is 32.7 Å². The third kappa shape index (κ3) is 3.34. The summed E-state index contributed by atoms with van der Waals surface area (Å²) >= 11 is 7.87. The number of allylic oxidation sites excluding steroid dienone is 1. The minimum atomic E-state index is -3.11. The topological polar surface area (TPSA) is 63.2 Å². The zero-order chi connectivity index (χ0) is 15.7. The number of thiophene rings is 1. The molecule has 0 spiro atoms. The van der Waals surface area contributed by atoms with Crippen LogP contribution >= 0.6 is 22.9 Å². The zero-order valence-corrected chi connectivity index (χ0v) is 14.0. The van der Waals surface area contributed by atoms with Crippen LogP contribution in [0, 0.1) is 5.92 Å². The molecule has 1 atom stereocenters. The van der Waals surface area contributed by atoms with Gasteiger partial charge in [0.1, 0.15) is 0 Å². The molecule has 3 rings (SSSR count). The highest BCUT2D eigenvalue weighted by Crippen LogP contribution is 2.35. The lowest BCUT2D eigenvalue weighted by Crippen LogP contribution is -2.25. The largest absolute Gasteiger partial charge is 0.351 e. The second-order valence-electron chi connectivity index (χ2n) is 5.23. The van der Waals surface area contributed by atoms with Crippen LogP contribution in [0.4, 0.5) is 0 Å². The number of carbonyl (C=O) groups excluding carboxylic acids is 1. The normalized spacial score (nSPS) is 19.6. The molecule has 1 amide bonds. The molecule has 7 heteroatoms. The Morgan fingerprint density at radius 2 is 2.14 bits per heavy atom. The van der Waals surface area contributed by atoms with Crippen molar-refractivity contribution < 1.29 is 13.2 Å². The number of nitrogens with one attached hydrogen (secondary N) is 1. The summed E-state index contributed by atoms with van der Waals surface area (Å²) in [6.07, 6.45) is 1.76. The fourth-order valence-corrected chi connectivity index (χ4v) is 5.27. The highest BCUT2D eigenvalue weighted by Gasteiger charge is 2.23. The van der Waals surface area contributed by atoms with Gasteiger partial charge in [0.15, 0.2) is 9.84 Å². The van der Waals surface area contributed by atoms with Gasteiger partial charge in [0.05, 0.1) is 17.3 Å². The van der Waals surface area contributed by atoms with E-state index in [0.717, 1.165) is 15.0 Å². The van der Waals surface area contributed by atoms with Crippen molar-refractivity contribution in [2.45, 2.75) is 13.0 Å². The van der Waals surface area contributed by atoms with E-state index in [1.165, 1.54) is 5.41 Å². The lowest BCUT2D eigenvalue weighted by molar-refractivity contribution is -0.121. The standard InChI is InChI=1S/C15H14ClNO3S2/c16-15-11-3-1-2-4-12(11)21-13(15)8-17-14(18)7-10-5-6-22(19,20)9-10/h1-6,10H,7-9H2,(H,17,18)/t10-/m0/s1. The Balaban J connectivity index is 1.61. The molecule has 0 fully saturated rings. The quantitative estimate of drug-likeness (QED) is 0.916. The van der Waals surface area contributed by atoms with Gasteiger partial charge in [-0.3, -0.25) is 4.79 Å². The number of halogens is 1. The summed E-state index contributed by atoms with van der Waals surface area (Å²) in [5.74, 6) is -0.382. The van der Waals surface area contributed by atoms with Crippen LogP contribution < -0.4 is 5.32 Å². The molecule has 1 N–H and O–H groups in total. The van der Waals surface area contributed by atoms with Crippen molar-refractivity contribution >= 4 is 48.8 Å². The van der Waals surface area contributed by atoms with Gasteiger partial charge >= 0.3 is 0 Å². The van der Waals surface area contributed by atoms with Gasteiger partial charge in [-0.1, -0.05) is 35.9 Å². The van der Waals surface area contributed by atoms with E-state index in [2.05, 4.69) is 5.32 Å². The zero-order valence-electron chi connectivity index (χ0n) is 11.6. The fraction of sp³-hybridized carbons (Fsp3) is 0.267. The summed E-state index contributed by atoms with van der Waals surface area (Å²) in [7, 11) is -3.11. The van der Waals surface area contributed by atoms with Crippen molar-refractivity contribution in [2.24, 2.45) is 5.92 Å². The number of carbonyl (C=O) groups is 1. The molecule has 0 radical (unpaired) electrons. The van der Waals surface area contributed by atoms with Gasteiger partial charge in [0.25, 0.3) is 0 Å². The second kappa shape index (κ2) is 6.02. The molecule has 116 valence electrons. The molecule has 1 aromatic heterocycles. The predicted octanol–water partition coefficient (Wildman–Crippen LogP) is 3.12. The van der Waals surface area contributed by atoms with Gasteiger partial charge in [-0.15, -0.1) is 11.3 Å². The lowest BCUT2D eigenvalue weighted by atomic mass is 10.1. The molecule has 1 aliphatic rings. The number of hydrogen-bond acceptors (Lipinski definition) is 4. The minimum Gasteiger partial charge on any atom is -0.351 e. The Labute approximate surface area is 137 Å². The van der Waals surface area contributed by atoms with Gasteiger partial charge in [-0.05, 0) is 6.07 Å². The average Bonchev–Trinajstić information content (AvgIpc) is 2.97. The summed E-state index contributed by atoms with van der Waals surface area (Å²) in [5, 5.41) is 5.66. The molecule has 2 aromatic rings. The first-order valence-electron chi connectivity index (χ1n) is 6.78. The van der Waals surface area contributed by atoms with Crippen molar-refractivity contribution in [1.29, 1.82) is 0 Å². The third-order valence-electron chi connectivity index (χ3n) is 3.50. The molecular formula is C15H14ClNO3S2. The highest BCUT2D eigenvalue weighted by atomic mass is 35.5. The summed E-state index contributed by atoms with van der Waals surface area (Å²) in [6.45, 7) is 0.361. The molecule has 0 aliphatic carbocycles. The molecule has 22 heavy (non-hydrogen) atoms. The predicted molar refractivity (Wildman–Crippen MR) is 89.7 cm³/mol. The summed E-state index contributed by atoms with van der Waals surface area (Å²) in [4.78, 5) is 12.8. The number of sulfone groups is 1. The van der Waals surface area contributed by atoms with Crippen LogP contribution in [0.25, 0.3) is 10.1 Å². The van der Waals surface area contributed by atoms with Crippen LogP contribution in [-0.4, -0.2) is 20.1 Å². The van der Waals surface area contributed by atoms with Crippen LogP contribution in [-0.2, 0) is 21.2 Å². The maximum Gasteiger partial charge on any atom is 0.220 e. The van der Waals surface area contributed by atoms with E-state index >= 15 is 0 Å². The molecular weight excluding hydrogens is 342 g/mol. The van der Waals surface area contributed by atoms with Gasteiger partial charge in [0.2, 0.25) is 5.91 Å². The SMILES string of the molecule is O=C(C[C@@H]1C=CS(=O)(=O)C1)NCc1sc2ccccc2c1Cl. The van der Waals surface area contributed by atoms with Crippen LogP contribution in [0.15, 0.2) is 35.7 Å². The third-order valence-corrected chi connectivity index (χ3v) is 6.68. The first-order valence-corrected chi connectivity index (χ1v) is 9.69. The first-order chi connectivity index (χ1) is 10.4. The smallest absolute Gasteiger partial charge is 0.220 e. The van der Waals surface area contributed by atoms with Gasteiger partial charge < -0.3 is 5.32 Å². The Morgan fingerprint density at radius 1 is 1.36 bits per heavy atom. The van der Waals surface area contributed by atoms with Crippen molar-refractivity contribution in [3.8, 4) is 0 Å². The summed E-state index contributed by atoms with van der Waals surface area (Å²) in [5.41, 5.74) is 0. The van der Waals surface area contributed by atoms with Crippen LogP contribution in [0.5, 0.6) is 0 Å². The van der Waals surface area contributed by atoms with E-state index in [1.807, 2.05) is 24.3 Å². The first kappa shape index (κ1) is 15.5. The Kier molecular flexibility index (Phi) is 4.25. The van der Waals surface area contributed by atoms with E-state index in [4.69, 9.17) is 11.6 Å². The average molecular weight is 356 g/mol. The number of hydrogen-bond donors (Lipinski definition) is 1. The summed E-state index contributed by atoms with van der Waals surface area (Å²) < 4.78 is 23.7. The monoisotopic (exact) mass is 355 g/mol. The number of rotatable bonds is 4. The van der Waals surface area contributed by atoms with Gasteiger partial charge in [-0.2, -0.15) is 0 Å². The van der Waals surface area contributed by atoms with E-state index in [-0.39, 0.29) is 24.0 Å². The van der Waals surface area contributed by atoms with Crippen molar-refractivity contribution in [3.05, 3.63) is 45.6 Å². The van der Waals surface area contributed by atoms with E-state index in [0.29, 0.717) is 11.6 Å². The maximum atomic E-state index is 11.9. The molecule has 1 aromatic carbocycles. The van der Waals surface area contributed by atoms with Crippen molar-refractivity contribution in [3.63, 3.8) is 0 Å². The Hall–Kier alpha value is -1.37. The molecule has 0 saturated heterocycles. The van der Waals surface area contributed by atoms with E-state index in [9.17, 15) is 13.2 Å². The molecule has 2 heterocycles. The summed E-state index contributed by atoms with van der Waals surface area (Å²) in [6, 6.07) is 7.82. The second-order valence-corrected chi connectivity index (χ2v) is 8.68. The van der Waals surface area contributed by atoms with E-state index in [1.54, 1.807) is 17.4 Å². The molecule has 1 aliphatic heterocycles. The molecule has 0 unspecified atom stereocenters. The van der Waals surface area contributed by atoms with Crippen LogP contribution in [0.1, 0.15) is 11.3 Å². The van der Waals surface area contributed by atoms with Crippen molar-refractivity contribution in [1.82, 2.24) is 5.32 Å². The number of benzene rings is 1. The van der Waals surface area contributed by atoms with Crippen LogP contribution in [0.2, 0.25) is 5.02 Å². The van der Waals surface area contributed by atoms with E-state index < -0.39 is 9.84 Å². The lowest BCUT2D eigenvalue weighted by Gasteiger charge is -2.07. The number of fused-ring (bicyclic) bond motifs is 1. The minimum absolute atomic E-state index is 0.0179. The molecule has 0 saturated carbocycles. The Bertz CT molecular complexity index is 855. The highest BCUT2D eigenvalue weighted by molar-refractivity contribution is 7.94. The Morgan fingerprint density at radius 3 is 2.82 bits per heavy atom.